The van der Waals surface area contributed by atoms with Gasteiger partial charge in [-0.3, -0.25) is 0 Å². The van der Waals surface area contributed by atoms with Crippen molar-refractivity contribution in [2.24, 2.45) is 5.73 Å². The third-order valence-electron chi connectivity index (χ3n) is 3.36. The number of rotatable bonds is 4. The molecule has 0 aromatic heterocycles. The SMILES string of the molecule is Cc1cccc(C(SC2CCOCC2)C(C)N)c1. The van der Waals surface area contributed by atoms with E-state index in [9.17, 15) is 0 Å². The van der Waals surface area contributed by atoms with Crippen LogP contribution in [0.15, 0.2) is 24.3 Å². The van der Waals surface area contributed by atoms with Crippen LogP contribution in [-0.2, 0) is 4.74 Å². The van der Waals surface area contributed by atoms with Crippen molar-refractivity contribution in [3.05, 3.63) is 35.4 Å². The first-order valence-electron chi connectivity index (χ1n) is 6.72. The van der Waals surface area contributed by atoms with Gasteiger partial charge < -0.3 is 10.5 Å². The molecule has 0 bridgehead atoms. The zero-order valence-electron chi connectivity index (χ0n) is 11.3. The minimum absolute atomic E-state index is 0.180. The van der Waals surface area contributed by atoms with E-state index in [0.29, 0.717) is 10.5 Å². The summed E-state index contributed by atoms with van der Waals surface area (Å²) in [6.45, 7) is 6.05. The fourth-order valence-corrected chi connectivity index (χ4v) is 3.80. The average Bonchev–Trinajstić information content (AvgIpc) is 2.37. The van der Waals surface area contributed by atoms with Crippen molar-refractivity contribution >= 4 is 11.8 Å². The highest BCUT2D eigenvalue weighted by Gasteiger charge is 2.23. The topological polar surface area (TPSA) is 35.2 Å². The Kier molecular flexibility index (Phi) is 5.10. The molecule has 0 radical (unpaired) electrons. The summed E-state index contributed by atoms with van der Waals surface area (Å²) in [6, 6.07) is 8.92. The maximum absolute atomic E-state index is 6.18. The van der Waals surface area contributed by atoms with Gasteiger partial charge in [0.15, 0.2) is 0 Å². The fraction of sp³-hybridized carbons (Fsp3) is 0.600. The van der Waals surface area contributed by atoms with Crippen molar-refractivity contribution in [1.82, 2.24) is 0 Å². The van der Waals surface area contributed by atoms with Gasteiger partial charge in [-0.05, 0) is 32.3 Å². The Hall–Kier alpha value is -0.510. The zero-order valence-corrected chi connectivity index (χ0v) is 12.1. The van der Waals surface area contributed by atoms with Gasteiger partial charge in [0, 0.05) is 29.8 Å². The van der Waals surface area contributed by atoms with Gasteiger partial charge in [0.1, 0.15) is 0 Å². The minimum atomic E-state index is 0.180. The second kappa shape index (κ2) is 6.60. The Balaban J connectivity index is 2.07. The van der Waals surface area contributed by atoms with Crippen LogP contribution < -0.4 is 5.73 Å². The molecule has 2 atom stereocenters. The lowest BCUT2D eigenvalue weighted by atomic mass is 10.0. The van der Waals surface area contributed by atoms with Crippen LogP contribution >= 0.6 is 11.8 Å². The molecule has 2 unspecified atom stereocenters. The Bertz CT molecular complexity index is 375. The van der Waals surface area contributed by atoms with E-state index in [4.69, 9.17) is 10.5 Å². The van der Waals surface area contributed by atoms with Crippen LogP contribution in [0, 0.1) is 6.92 Å². The smallest absolute Gasteiger partial charge is 0.0476 e. The first kappa shape index (κ1) is 13.9. The molecule has 0 amide bonds. The van der Waals surface area contributed by atoms with Crippen molar-refractivity contribution in [3.63, 3.8) is 0 Å². The monoisotopic (exact) mass is 265 g/mol. The molecule has 0 saturated carbocycles. The lowest BCUT2D eigenvalue weighted by Gasteiger charge is -2.29. The summed E-state index contributed by atoms with van der Waals surface area (Å²) in [7, 11) is 0. The van der Waals surface area contributed by atoms with E-state index in [-0.39, 0.29) is 6.04 Å². The van der Waals surface area contributed by atoms with Crippen molar-refractivity contribution in [2.75, 3.05) is 13.2 Å². The van der Waals surface area contributed by atoms with Gasteiger partial charge >= 0.3 is 0 Å². The van der Waals surface area contributed by atoms with Crippen LogP contribution in [0.1, 0.15) is 36.1 Å². The number of benzene rings is 1. The van der Waals surface area contributed by atoms with Crippen LogP contribution in [0.5, 0.6) is 0 Å². The predicted octanol–water partition coefficient (Wildman–Crippen LogP) is 3.30. The van der Waals surface area contributed by atoms with E-state index in [2.05, 4.69) is 38.1 Å². The molecule has 2 N–H and O–H groups in total. The molecular weight excluding hydrogens is 242 g/mol. The van der Waals surface area contributed by atoms with Crippen LogP contribution in [0.3, 0.4) is 0 Å². The maximum atomic E-state index is 6.18. The van der Waals surface area contributed by atoms with Crippen molar-refractivity contribution in [2.45, 2.75) is 43.2 Å². The number of nitrogens with two attached hydrogens (primary N) is 1. The van der Waals surface area contributed by atoms with E-state index in [0.717, 1.165) is 26.1 Å². The normalized spacial score (nSPS) is 20.6. The molecule has 3 heteroatoms. The van der Waals surface area contributed by atoms with Gasteiger partial charge in [0.05, 0.1) is 0 Å². The quantitative estimate of drug-likeness (QED) is 0.907. The standard InChI is InChI=1S/C15H23NOS/c1-11-4-3-5-13(10-11)15(12(2)16)18-14-6-8-17-9-7-14/h3-5,10,12,14-15H,6-9,16H2,1-2H3. The number of thioether (sulfide) groups is 1. The molecule has 1 aromatic carbocycles. The lowest BCUT2D eigenvalue weighted by Crippen LogP contribution is -2.26. The fourth-order valence-electron chi connectivity index (χ4n) is 2.37. The van der Waals surface area contributed by atoms with E-state index in [1.807, 2.05) is 11.8 Å². The van der Waals surface area contributed by atoms with E-state index in [1.165, 1.54) is 11.1 Å². The molecule has 2 rings (SSSR count). The molecular formula is C15H23NOS. The number of hydrogen-bond donors (Lipinski definition) is 1. The Morgan fingerprint density at radius 3 is 2.67 bits per heavy atom. The predicted molar refractivity (Wildman–Crippen MR) is 79.0 cm³/mol. The summed E-state index contributed by atoms with van der Waals surface area (Å²) >= 11 is 2.03. The second-order valence-electron chi connectivity index (χ2n) is 5.14. The second-order valence-corrected chi connectivity index (χ2v) is 6.59. The highest BCUT2D eigenvalue weighted by atomic mass is 32.2. The van der Waals surface area contributed by atoms with E-state index < -0.39 is 0 Å². The van der Waals surface area contributed by atoms with Gasteiger partial charge in [-0.25, -0.2) is 0 Å². The Labute approximate surface area is 114 Å². The van der Waals surface area contributed by atoms with Gasteiger partial charge in [0.2, 0.25) is 0 Å². The van der Waals surface area contributed by atoms with Crippen LogP contribution in [0.4, 0.5) is 0 Å². The van der Waals surface area contributed by atoms with Crippen LogP contribution in [0.25, 0.3) is 0 Å². The van der Waals surface area contributed by atoms with E-state index in [1.54, 1.807) is 0 Å². The molecule has 1 saturated heterocycles. The highest BCUT2D eigenvalue weighted by molar-refractivity contribution is 8.00. The Morgan fingerprint density at radius 2 is 2.06 bits per heavy atom. The molecule has 18 heavy (non-hydrogen) atoms. The summed E-state index contributed by atoms with van der Waals surface area (Å²) in [5, 5.41) is 1.09. The van der Waals surface area contributed by atoms with E-state index >= 15 is 0 Å². The summed E-state index contributed by atoms with van der Waals surface area (Å²) < 4.78 is 5.42. The van der Waals surface area contributed by atoms with Crippen LogP contribution in [0.2, 0.25) is 0 Å². The van der Waals surface area contributed by atoms with Crippen LogP contribution in [-0.4, -0.2) is 24.5 Å². The molecule has 2 nitrogen and oxygen atoms in total. The number of hydrogen-bond acceptors (Lipinski definition) is 3. The van der Waals surface area contributed by atoms with Gasteiger partial charge in [-0.2, -0.15) is 0 Å². The lowest BCUT2D eigenvalue weighted by molar-refractivity contribution is 0.0999. The summed E-state index contributed by atoms with van der Waals surface area (Å²) in [4.78, 5) is 0. The molecule has 1 aromatic rings. The Morgan fingerprint density at radius 1 is 1.33 bits per heavy atom. The third-order valence-corrected chi connectivity index (χ3v) is 5.21. The molecule has 1 aliphatic heterocycles. The molecule has 0 spiro atoms. The average molecular weight is 265 g/mol. The van der Waals surface area contributed by atoms with Crippen molar-refractivity contribution in [1.29, 1.82) is 0 Å². The summed E-state index contributed by atoms with van der Waals surface area (Å²) in [5.74, 6) is 0. The summed E-state index contributed by atoms with van der Waals surface area (Å²) in [6.07, 6.45) is 2.30. The maximum Gasteiger partial charge on any atom is 0.0476 e. The number of ether oxygens (including phenoxy) is 1. The van der Waals surface area contributed by atoms with Gasteiger partial charge in [0.25, 0.3) is 0 Å². The van der Waals surface area contributed by atoms with Gasteiger partial charge in [-0.15, -0.1) is 11.8 Å². The first-order valence-corrected chi connectivity index (χ1v) is 7.66. The highest BCUT2D eigenvalue weighted by Crippen LogP contribution is 2.38. The summed E-state index contributed by atoms with van der Waals surface area (Å²) in [5.41, 5.74) is 8.86. The van der Waals surface area contributed by atoms with Gasteiger partial charge in [-0.1, -0.05) is 29.8 Å². The zero-order chi connectivity index (χ0) is 13.0. The minimum Gasteiger partial charge on any atom is -0.381 e. The first-order chi connectivity index (χ1) is 8.66. The van der Waals surface area contributed by atoms with Crippen molar-refractivity contribution in [3.8, 4) is 0 Å². The molecule has 1 heterocycles. The number of aryl methyl sites for hydroxylation is 1. The molecule has 1 aliphatic rings. The third kappa shape index (κ3) is 3.74. The molecule has 0 aliphatic carbocycles. The largest absolute Gasteiger partial charge is 0.381 e. The molecule has 1 fully saturated rings. The van der Waals surface area contributed by atoms with Crippen molar-refractivity contribution < 1.29 is 4.74 Å². The molecule has 100 valence electrons.